The fraction of sp³-hybridized carbons (Fsp3) is 0.375. The van der Waals surface area contributed by atoms with E-state index in [4.69, 9.17) is 16.0 Å². The van der Waals surface area contributed by atoms with E-state index >= 15 is 0 Å². The number of nitrogens with one attached hydrogen (secondary N) is 1. The molecule has 2 aliphatic rings. The average molecular weight is 472 g/mol. The number of hydrogen-bond donors (Lipinski definition) is 2. The highest BCUT2D eigenvalue weighted by Gasteiger charge is 2.44. The van der Waals surface area contributed by atoms with Gasteiger partial charge in [-0.1, -0.05) is 11.6 Å². The van der Waals surface area contributed by atoms with E-state index in [1.54, 1.807) is 6.92 Å². The predicted molar refractivity (Wildman–Crippen MR) is 124 cm³/mol. The number of carboxylic acids is 1. The molecule has 2 aromatic heterocycles. The van der Waals surface area contributed by atoms with Crippen molar-refractivity contribution in [3.05, 3.63) is 62.8 Å². The molecule has 5 rings (SSSR count). The van der Waals surface area contributed by atoms with Gasteiger partial charge in [0.1, 0.15) is 16.6 Å². The third-order valence-corrected chi connectivity index (χ3v) is 7.01. The van der Waals surface area contributed by atoms with Crippen molar-refractivity contribution in [3.8, 4) is 0 Å². The minimum Gasteiger partial charge on any atom is -0.476 e. The van der Waals surface area contributed by atoms with Gasteiger partial charge in [-0.15, -0.1) is 0 Å². The molecule has 3 aromatic rings. The molecule has 172 valence electrons. The molecule has 2 fully saturated rings. The Kier molecular flexibility index (Phi) is 5.28. The van der Waals surface area contributed by atoms with Gasteiger partial charge in [0, 0.05) is 24.7 Å². The number of rotatable bonds is 5. The van der Waals surface area contributed by atoms with E-state index in [1.807, 2.05) is 0 Å². The first-order chi connectivity index (χ1) is 15.7. The molecule has 1 atom stereocenters. The number of hydrogen-bond acceptors (Lipinski definition) is 6. The summed E-state index contributed by atoms with van der Waals surface area (Å²) in [6, 6.07) is 6.28. The summed E-state index contributed by atoms with van der Waals surface area (Å²) in [4.78, 5) is 30.4. The van der Waals surface area contributed by atoms with E-state index in [9.17, 15) is 19.1 Å². The van der Waals surface area contributed by atoms with Gasteiger partial charge in [-0.2, -0.15) is 0 Å². The van der Waals surface area contributed by atoms with Gasteiger partial charge in [0.25, 0.3) is 0 Å². The number of aromatic nitrogens is 1. The lowest BCUT2D eigenvalue weighted by Crippen LogP contribution is -2.34. The molecule has 1 spiro atoms. The summed E-state index contributed by atoms with van der Waals surface area (Å²) >= 11 is 5.84. The lowest BCUT2D eigenvalue weighted by atomic mass is 9.94. The zero-order valence-electron chi connectivity index (χ0n) is 18.0. The van der Waals surface area contributed by atoms with Crippen LogP contribution >= 0.6 is 11.6 Å². The van der Waals surface area contributed by atoms with Gasteiger partial charge >= 0.3 is 5.97 Å². The van der Waals surface area contributed by atoms with Crippen molar-refractivity contribution in [1.82, 2.24) is 4.98 Å². The second kappa shape index (κ2) is 8.02. The number of halogens is 2. The summed E-state index contributed by atoms with van der Waals surface area (Å²) < 4.78 is 20.6. The van der Waals surface area contributed by atoms with Crippen molar-refractivity contribution in [3.63, 3.8) is 0 Å². The summed E-state index contributed by atoms with van der Waals surface area (Å²) in [6.07, 6.45) is 4.69. The first-order valence-electron chi connectivity index (χ1n) is 10.9. The van der Waals surface area contributed by atoms with Crippen LogP contribution in [0, 0.1) is 11.2 Å². The molecule has 9 heteroatoms. The van der Waals surface area contributed by atoms with Crippen molar-refractivity contribution < 1.29 is 18.7 Å². The molecule has 3 heterocycles. The maximum Gasteiger partial charge on any atom is 0.356 e. The van der Waals surface area contributed by atoms with E-state index < -0.39 is 17.8 Å². The Balaban J connectivity index is 1.53. The zero-order chi connectivity index (χ0) is 23.3. The molecule has 1 aromatic carbocycles. The molecule has 2 N–H and O–H groups in total. The Morgan fingerprint density at radius 1 is 1.24 bits per heavy atom. The predicted octanol–water partition coefficient (Wildman–Crippen LogP) is 5.23. The van der Waals surface area contributed by atoms with E-state index in [2.05, 4.69) is 15.2 Å². The summed E-state index contributed by atoms with van der Waals surface area (Å²) in [5.74, 6) is -1.35. The molecule has 0 bridgehead atoms. The highest BCUT2D eigenvalue weighted by atomic mass is 35.5. The Morgan fingerprint density at radius 3 is 2.64 bits per heavy atom. The van der Waals surface area contributed by atoms with Crippen LogP contribution in [0.25, 0.3) is 11.0 Å². The minimum absolute atomic E-state index is 0.0481. The molecule has 33 heavy (non-hydrogen) atoms. The van der Waals surface area contributed by atoms with Gasteiger partial charge in [-0.25, -0.2) is 14.2 Å². The number of pyridine rings is 1. The highest BCUT2D eigenvalue weighted by Crippen LogP contribution is 2.54. The van der Waals surface area contributed by atoms with Crippen molar-refractivity contribution in [1.29, 1.82) is 0 Å². The number of aromatic carboxylic acids is 1. The normalized spacial score (nSPS) is 17.8. The molecule has 1 unspecified atom stereocenters. The number of nitrogens with zero attached hydrogens (tertiary/aromatic N) is 2. The maximum atomic E-state index is 14.4. The zero-order valence-corrected chi connectivity index (χ0v) is 18.8. The fourth-order valence-electron chi connectivity index (χ4n) is 4.62. The van der Waals surface area contributed by atoms with Crippen LogP contribution in [0.15, 0.2) is 39.5 Å². The van der Waals surface area contributed by atoms with Gasteiger partial charge in [0.2, 0.25) is 0 Å². The van der Waals surface area contributed by atoms with Crippen molar-refractivity contribution >= 4 is 40.1 Å². The molecule has 7 nitrogen and oxygen atoms in total. The number of piperidine rings is 1. The first kappa shape index (κ1) is 21.7. The Morgan fingerprint density at radius 2 is 1.97 bits per heavy atom. The standard InChI is InChI=1S/C24H23ClFN3O4/c1-13(27-17-2-3-19(25)28-21(17)23(31)32)15-10-14(26)11-16-18(30)12-20(33-22(15)16)29-8-6-24(4-5-24)7-9-29/h2-3,10-13,27H,4-9H2,1H3,(H,31,32). The van der Waals surface area contributed by atoms with Crippen LogP contribution in [0.2, 0.25) is 5.15 Å². The van der Waals surface area contributed by atoms with Crippen LogP contribution in [0.5, 0.6) is 0 Å². The largest absolute Gasteiger partial charge is 0.476 e. The number of anilines is 2. The fourth-order valence-corrected chi connectivity index (χ4v) is 4.76. The van der Waals surface area contributed by atoms with Crippen LogP contribution in [0.4, 0.5) is 16.0 Å². The van der Waals surface area contributed by atoms with Gasteiger partial charge in [0.05, 0.1) is 17.1 Å². The highest BCUT2D eigenvalue weighted by molar-refractivity contribution is 6.29. The summed E-state index contributed by atoms with van der Waals surface area (Å²) in [5.41, 5.74) is 0.829. The first-order valence-corrected chi connectivity index (χ1v) is 11.3. The summed E-state index contributed by atoms with van der Waals surface area (Å²) in [5, 5.41) is 12.7. The second-order valence-corrected chi connectivity index (χ2v) is 9.40. The van der Waals surface area contributed by atoms with Crippen molar-refractivity contribution in [2.75, 3.05) is 23.3 Å². The van der Waals surface area contributed by atoms with E-state index in [0.29, 0.717) is 16.9 Å². The minimum atomic E-state index is -1.25. The summed E-state index contributed by atoms with van der Waals surface area (Å²) in [7, 11) is 0. The van der Waals surface area contributed by atoms with Gasteiger partial charge < -0.3 is 19.7 Å². The van der Waals surface area contributed by atoms with Crippen LogP contribution < -0.4 is 15.6 Å². The molecule has 0 radical (unpaired) electrons. The van der Waals surface area contributed by atoms with Crippen LogP contribution in [0.3, 0.4) is 0 Å². The average Bonchev–Trinajstić information content (AvgIpc) is 3.54. The smallest absolute Gasteiger partial charge is 0.356 e. The van der Waals surface area contributed by atoms with Crippen LogP contribution in [-0.2, 0) is 0 Å². The third kappa shape index (κ3) is 4.15. The van der Waals surface area contributed by atoms with Crippen molar-refractivity contribution in [2.45, 2.75) is 38.6 Å². The van der Waals surface area contributed by atoms with Gasteiger partial charge in [0.15, 0.2) is 17.0 Å². The molecular formula is C24H23ClFN3O4. The second-order valence-electron chi connectivity index (χ2n) is 9.01. The number of carbonyl (C=O) groups is 1. The third-order valence-electron chi connectivity index (χ3n) is 6.80. The Hall–Kier alpha value is -3.13. The number of benzene rings is 1. The SMILES string of the molecule is CC(Nc1ccc(Cl)nc1C(=O)O)c1cc(F)cc2c(=O)cc(N3CCC4(CC3)CC4)oc12. The molecular weight excluding hydrogens is 449 g/mol. The molecule has 1 saturated carbocycles. The molecule has 1 saturated heterocycles. The summed E-state index contributed by atoms with van der Waals surface area (Å²) in [6.45, 7) is 3.37. The van der Waals surface area contributed by atoms with E-state index in [0.717, 1.165) is 25.9 Å². The molecule has 1 aliphatic heterocycles. The van der Waals surface area contributed by atoms with E-state index in [1.165, 1.54) is 43.2 Å². The van der Waals surface area contributed by atoms with Gasteiger partial charge in [-0.05, 0) is 62.3 Å². The molecule has 1 aliphatic carbocycles. The lowest BCUT2D eigenvalue weighted by molar-refractivity contribution is 0.0691. The van der Waals surface area contributed by atoms with E-state index in [-0.39, 0.29) is 32.9 Å². The Labute approximate surface area is 194 Å². The lowest BCUT2D eigenvalue weighted by Gasteiger charge is -2.32. The monoisotopic (exact) mass is 471 g/mol. The number of carboxylic acid groups (broad SMARTS) is 1. The topological polar surface area (TPSA) is 95.7 Å². The van der Waals surface area contributed by atoms with Crippen molar-refractivity contribution in [2.24, 2.45) is 5.41 Å². The number of fused-ring (bicyclic) bond motifs is 1. The van der Waals surface area contributed by atoms with Gasteiger partial charge in [-0.3, -0.25) is 4.79 Å². The van der Waals surface area contributed by atoms with Crippen LogP contribution in [0.1, 0.15) is 54.7 Å². The quantitative estimate of drug-likeness (QED) is 0.492. The Bertz CT molecular complexity index is 1310. The molecule has 0 amide bonds. The maximum absolute atomic E-state index is 14.4. The van der Waals surface area contributed by atoms with Crippen LogP contribution in [-0.4, -0.2) is 29.1 Å².